The third kappa shape index (κ3) is 3.44. The van der Waals surface area contributed by atoms with Crippen molar-refractivity contribution in [1.82, 2.24) is 0 Å². The smallest absolute Gasteiger partial charge is 0.341 e. The van der Waals surface area contributed by atoms with Crippen LogP contribution in [0.4, 0.5) is 5.00 Å². The van der Waals surface area contributed by atoms with Crippen molar-refractivity contribution in [3.05, 3.63) is 16.0 Å². The highest BCUT2D eigenvalue weighted by molar-refractivity contribution is 7.17. The van der Waals surface area contributed by atoms with Crippen LogP contribution in [0.2, 0.25) is 0 Å². The van der Waals surface area contributed by atoms with E-state index < -0.39 is 0 Å². The molecule has 0 radical (unpaired) electrons. The fourth-order valence-electron chi connectivity index (χ4n) is 2.44. The van der Waals surface area contributed by atoms with E-state index in [0.717, 1.165) is 24.8 Å². The zero-order chi connectivity index (χ0) is 15.6. The van der Waals surface area contributed by atoms with Crippen molar-refractivity contribution in [1.29, 1.82) is 0 Å². The number of nitrogens with one attached hydrogen (secondary N) is 1. The molecule has 1 unspecified atom stereocenters. The summed E-state index contributed by atoms with van der Waals surface area (Å²) in [6, 6.07) is -0.182. The molecule has 6 heteroatoms. The molecule has 0 aromatic carbocycles. The van der Waals surface area contributed by atoms with Crippen LogP contribution in [0, 0.1) is 5.92 Å². The first kappa shape index (κ1) is 16.0. The predicted molar refractivity (Wildman–Crippen MR) is 83.7 cm³/mol. The second-order valence-electron chi connectivity index (χ2n) is 5.71. The van der Waals surface area contributed by atoms with E-state index >= 15 is 0 Å². The van der Waals surface area contributed by atoms with Gasteiger partial charge >= 0.3 is 5.97 Å². The summed E-state index contributed by atoms with van der Waals surface area (Å²) in [5, 5.41) is 3.44. The number of anilines is 1. The van der Waals surface area contributed by atoms with Crippen molar-refractivity contribution in [2.75, 3.05) is 12.4 Å². The van der Waals surface area contributed by atoms with Gasteiger partial charge in [-0.25, -0.2) is 4.79 Å². The number of thiophene rings is 1. The third-order valence-electron chi connectivity index (χ3n) is 3.84. The Labute approximate surface area is 128 Å². The summed E-state index contributed by atoms with van der Waals surface area (Å²) in [5.74, 6) is -0.289. The molecule has 5 nitrogen and oxygen atoms in total. The lowest BCUT2D eigenvalue weighted by atomic mass is 10.0. The molecule has 0 fully saturated rings. The van der Waals surface area contributed by atoms with Crippen LogP contribution in [-0.2, 0) is 22.4 Å². The van der Waals surface area contributed by atoms with Crippen LogP contribution in [0.5, 0.6) is 0 Å². The fourth-order valence-corrected chi connectivity index (χ4v) is 3.73. The van der Waals surface area contributed by atoms with Gasteiger partial charge in [0.05, 0.1) is 12.7 Å². The fraction of sp³-hybridized carbons (Fsp3) is 0.600. The largest absolute Gasteiger partial charge is 0.465 e. The van der Waals surface area contributed by atoms with Crippen LogP contribution in [0.15, 0.2) is 0 Å². The molecule has 1 aliphatic rings. The van der Waals surface area contributed by atoms with E-state index in [4.69, 9.17) is 10.5 Å². The number of hydrogen-bond acceptors (Lipinski definition) is 5. The summed E-state index contributed by atoms with van der Waals surface area (Å²) in [6.45, 7) is 3.97. The number of carbonyl (C=O) groups is 2. The number of hydrogen-bond donors (Lipinski definition) is 2. The van der Waals surface area contributed by atoms with Gasteiger partial charge in [-0.15, -0.1) is 11.3 Å². The SMILES string of the molecule is COC(=O)c1c(NC(=O)CC(N)C(C)C)sc2c1CCC2. The maximum Gasteiger partial charge on any atom is 0.341 e. The first-order valence-corrected chi connectivity index (χ1v) is 8.04. The Hall–Kier alpha value is -1.40. The van der Waals surface area contributed by atoms with Crippen molar-refractivity contribution in [3.8, 4) is 0 Å². The van der Waals surface area contributed by atoms with E-state index in [2.05, 4.69) is 5.32 Å². The summed E-state index contributed by atoms with van der Waals surface area (Å²) in [5.41, 5.74) is 7.48. The number of fused-ring (bicyclic) bond motifs is 1. The molecule has 0 bridgehead atoms. The molecule has 1 aromatic heterocycles. The quantitative estimate of drug-likeness (QED) is 0.818. The van der Waals surface area contributed by atoms with E-state index in [-0.39, 0.29) is 30.3 Å². The first-order valence-electron chi connectivity index (χ1n) is 7.22. The molecule has 2 rings (SSSR count). The van der Waals surface area contributed by atoms with E-state index in [1.54, 1.807) is 0 Å². The maximum absolute atomic E-state index is 12.1. The third-order valence-corrected chi connectivity index (χ3v) is 5.05. The highest BCUT2D eigenvalue weighted by Crippen LogP contribution is 2.39. The van der Waals surface area contributed by atoms with Crippen LogP contribution in [-0.4, -0.2) is 25.0 Å². The average Bonchev–Trinajstić information content (AvgIpc) is 2.97. The van der Waals surface area contributed by atoms with Gasteiger partial charge in [0, 0.05) is 17.3 Å². The zero-order valence-corrected chi connectivity index (χ0v) is 13.5. The minimum absolute atomic E-state index is 0.152. The highest BCUT2D eigenvalue weighted by atomic mass is 32.1. The van der Waals surface area contributed by atoms with Crippen molar-refractivity contribution in [3.63, 3.8) is 0 Å². The van der Waals surface area contributed by atoms with Crippen LogP contribution in [0.1, 0.15) is 47.5 Å². The van der Waals surface area contributed by atoms with Crippen LogP contribution < -0.4 is 11.1 Å². The Morgan fingerprint density at radius 2 is 2.10 bits per heavy atom. The lowest BCUT2D eigenvalue weighted by Gasteiger charge is -2.15. The standard InChI is InChI=1S/C15H22N2O3S/c1-8(2)10(16)7-12(18)17-14-13(15(19)20-3)9-5-4-6-11(9)21-14/h8,10H,4-7,16H2,1-3H3,(H,17,18). The molecule has 0 saturated carbocycles. The molecule has 1 heterocycles. The number of aryl methyl sites for hydroxylation is 1. The first-order chi connectivity index (χ1) is 9.93. The second kappa shape index (κ2) is 6.58. The molecule has 1 amide bonds. The number of methoxy groups -OCH3 is 1. The average molecular weight is 310 g/mol. The number of ether oxygens (including phenoxy) is 1. The number of rotatable bonds is 5. The zero-order valence-electron chi connectivity index (χ0n) is 12.7. The molecule has 3 N–H and O–H groups in total. The molecule has 1 aromatic rings. The lowest BCUT2D eigenvalue weighted by Crippen LogP contribution is -2.31. The normalized spacial score (nSPS) is 14.9. The van der Waals surface area contributed by atoms with E-state index in [1.165, 1.54) is 23.3 Å². The summed E-state index contributed by atoms with van der Waals surface area (Å²) in [6.07, 6.45) is 3.14. The van der Waals surface area contributed by atoms with Crippen molar-refractivity contribution < 1.29 is 14.3 Å². The Morgan fingerprint density at radius 1 is 1.38 bits per heavy atom. The van der Waals surface area contributed by atoms with Gasteiger partial charge in [0.15, 0.2) is 0 Å². The summed E-state index contributed by atoms with van der Waals surface area (Å²) < 4.78 is 4.85. The topological polar surface area (TPSA) is 81.4 Å². The number of carbonyl (C=O) groups excluding carboxylic acids is 2. The van der Waals surface area contributed by atoms with Crippen LogP contribution in [0.25, 0.3) is 0 Å². The minimum Gasteiger partial charge on any atom is -0.465 e. The Bertz CT molecular complexity index is 551. The van der Waals surface area contributed by atoms with Gasteiger partial charge < -0.3 is 15.8 Å². The van der Waals surface area contributed by atoms with Gasteiger partial charge in [0.1, 0.15) is 5.00 Å². The summed E-state index contributed by atoms with van der Waals surface area (Å²) >= 11 is 1.48. The van der Waals surface area contributed by atoms with Crippen LogP contribution in [0.3, 0.4) is 0 Å². The van der Waals surface area contributed by atoms with Gasteiger partial charge in [-0.05, 0) is 30.7 Å². The monoisotopic (exact) mass is 310 g/mol. The van der Waals surface area contributed by atoms with E-state index in [0.29, 0.717) is 10.6 Å². The van der Waals surface area contributed by atoms with Crippen molar-refractivity contribution >= 4 is 28.2 Å². The molecular formula is C15H22N2O3S. The summed E-state index contributed by atoms with van der Waals surface area (Å²) in [4.78, 5) is 25.2. The Balaban J connectivity index is 2.17. The van der Waals surface area contributed by atoms with Gasteiger partial charge in [0.2, 0.25) is 5.91 Å². The van der Waals surface area contributed by atoms with E-state index in [9.17, 15) is 9.59 Å². The van der Waals surface area contributed by atoms with Gasteiger partial charge in [0.25, 0.3) is 0 Å². The second-order valence-corrected chi connectivity index (χ2v) is 6.82. The minimum atomic E-state index is -0.377. The molecule has 1 atom stereocenters. The predicted octanol–water partition coefficient (Wildman–Crippen LogP) is 2.34. The van der Waals surface area contributed by atoms with Crippen LogP contribution >= 0.6 is 11.3 Å². The number of amides is 1. The molecule has 0 spiro atoms. The van der Waals surface area contributed by atoms with Gasteiger partial charge in [-0.2, -0.15) is 0 Å². The van der Waals surface area contributed by atoms with Gasteiger partial charge in [-0.3, -0.25) is 4.79 Å². The molecule has 116 valence electrons. The molecule has 0 aliphatic heterocycles. The highest BCUT2D eigenvalue weighted by Gasteiger charge is 2.28. The van der Waals surface area contributed by atoms with Crippen molar-refractivity contribution in [2.45, 2.75) is 45.6 Å². The van der Waals surface area contributed by atoms with Gasteiger partial charge in [-0.1, -0.05) is 13.8 Å². The summed E-state index contributed by atoms with van der Waals surface area (Å²) in [7, 11) is 1.36. The molecule has 21 heavy (non-hydrogen) atoms. The number of nitrogens with two attached hydrogens (primary N) is 1. The van der Waals surface area contributed by atoms with E-state index in [1.807, 2.05) is 13.8 Å². The molecule has 1 aliphatic carbocycles. The molecular weight excluding hydrogens is 288 g/mol. The maximum atomic E-state index is 12.1. The Kier molecular flexibility index (Phi) is 5.00. The Morgan fingerprint density at radius 3 is 2.71 bits per heavy atom. The molecule has 0 saturated heterocycles. The van der Waals surface area contributed by atoms with Crippen molar-refractivity contribution in [2.24, 2.45) is 11.7 Å². The lowest BCUT2D eigenvalue weighted by molar-refractivity contribution is -0.116. The number of esters is 1.